The Kier molecular flexibility index (Phi) is 4.50. The molecule has 0 radical (unpaired) electrons. The van der Waals surface area contributed by atoms with Crippen LogP contribution in [0.25, 0.3) is 0 Å². The van der Waals surface area contributed by atoms with Crippen molar-refractivity contribution in [2.45, 2.75) is 40.2 Å². The molecule has 2 rings (SSSR count). The molecule has 0 aliphatic carbocycles. The maximum Gasteiger partial charge on any atom is 0.244 e. The zero-order valence-electron chi connectivity index (χ0n) is 12.4. The summed E-state index contributed by atoms with van der Waals surface area (Å²) in [5, 5.41) is 14.5. The summed E-state index contributed by atoms with van der Waals surface area (Å²) in [4.78, 5) is 4.43. The van der Waals surface area contributed by atoms with E-state index in [4.69, 9.17) is 0 Å². The van der Waals surface area contributed by atoms with Gasteiger partial charge in [0.15, 0.2) is 5.82 Å². The van der Waals surface area contributed by atoms with Crippen molar-refractivity contribution in [3.8, 4) is 0 Å². The van der Waals surface area contributed by atoms with Gasteiger partial charge in [0.05, 0.1) is 6.20 Å². The monoisotopic (exact) mass is 271 g/mol. The van der Waals surface area contributed by atoms with Crippen molar-refractivity contribution in [2.75, 3.05) is 10.6 Å². The minimum absolute atomic E-state index is 0.327. The third-order valence-corrected chi connectivity index (χ3v) is 3.20. The lowest BCUT2D eigenvalue weighted by Gasteiger charge is -2.12. The highest BCUT2D eigenvalue weighted by Gasteiger charge is 2.05. The molecule has 1 aromatic heterocycles. The van der Waals surface area contributed by atoms with Crippen LogP contribution in [0.3, 0.4) is 0 Å². The van der Waals surface area contributed by atoms with Crippen LogP contribution in [-0.4, -0.2) is 21.2 Å². The molecule has 1 unspecified atom stereocenters. The molecule has 106 valence electrons. The number of hydrogen-bond donors (Lipinski definition) is 2. The lowest BCUT2D eigenvalue weighted by atomic mass is 10.1. The second-order valence-electron chi connectivity index (χ2n) is 5.06. The molecule has 0 fully saturated rings. The summed E-state index contributed by atoms with van der Waals surface area (Å²) in [5.41, 5.74) is 3.42. The molecule has 1 aromatic carbocycles. The topological polar surface area (TPSA) is 62.7 Å². The molecule has 0 bridgehead atoms. The number of nitrogens with zero attached hydrogens (tertiary/aromatic N) is 3. The van der Waals surface area contributed by atoms with Gasteiger partial charge in [-0.1, -0.05) is 19.1 Å². The molecule has 0 saturated heterocycles. The van der Waals surface area contributed by atoms with Crippen LogP contribution in [0, 0.1) is 13.8 Å². The molecule has 0 amide bonds. The highest BCUT2D eigenvalue weighted by atomic mass is 15.3. The van der Waals surface area contributed by atoms with Crippen molar-refractivity contribution in [1.29, 1.82) is 0 Å². The van der Waals surface area contributed by atoms with Crippen molar-refractivity contribution < 1.29 is 0 Å². The summed E-state index contributed by atoms with van der Waals surface area (Å²) in [5.74, 6) is 1.24. The van der Waals surface area contributed by atoms with Gasteiger partial charge in [-0.05, 0) is 44.4 Å². The second-order valence-corrected chi connectivity index (χ2v) is 5.06. The molecule has 2 aromatic rings. The summed E-state index contributed by atoms with van der Waals surface area (Å²) in [6.45, 7) is 8.34. The van der Waals surface area contributed by atoms with Crippen LogP contribution in [0.1, 0.15) is 31.4 Å². The summed E-state index contributed by atoms with van der Waals surface area (Å²) < 4.78 is 0. The van der Waals surface area contributed by atoms with E-state index >= 15 is 0 Å². The molecule has 0 aliphatic heterocycles. The third kappa shape index (κ3) is 3.66. The van der Waals surface area contributed by atoms with Crippen molar-refractivity contribution in [1.82, 2.24) is 15.2 Å². The van der Waals surface area contributed by atoms with Gasteiger partial charge < -0.3 is 10.6 Å². The number of hydrogen-bond acceptors (Lipinski definition) is 5. The second kappa shape index (κ2) is 6.32. The standard InChI is InChI=1S/C15H21N5/c1-5-12(4)17-15-19-14(9-16-20-15)18-13-8-10(2)6-7-11(13)3/h6-9,12H,5H2,1-4H3,(H2,17,18,19,20). The minimum atomic E-state index is 0.327. The molecule has 5 nitrogen and oxygen atoms in total. The van der Waals surface area contributed by atoms with Crippen LogP contribution >= 0.6 is 0 Å². The normalized spacial score (nSPS) is 12.0. The van der Waals surface area contributed by atoms with Gasteiger partial charge in [-0.3, -0.25) is 0 Å². The average Bonchev–Trinajstić information content (AvgIpc) is 2.43. The molecule has 0 saturated carbocycles. The molecule has 1 heterocycles. The predicted octanol–water partition coefficient (Wildman–Crippen LogP) is 3.44. The van der Waals surface area contributed by atoms with Gasteiger partial charge in [0.25, 0.3) is 0 Å². The van der Waals surface area contributed by atoms with E-state index in [2.05, 4.69) is 71.7 Å². The van der Waals surface area contributed by atoms with E-state index in [1.165, 1.54) is 11.1 Å². The molecule has 0 spiro atoms. The maximum absolute atomic E-state index is 4.43. The van der Waals surface area contributed by atoms with E-state index in [1.807, 2.05) is 0 Å². The fourth-order valence-electron chi connectivity index (χ4n) is 1.76. The fraction of sp³-hybridized carbons (Fsp3) is 0.400. The molecule has 20 heavy (non-hydrogen) atoms. The number of anilines is 3. The van der Waals surface area contributed by atoms with Crippen molar-refractivity contribution in [3.63, 3.8) is 0 Å². The van der Waals surface area contributed by atoms with Crippen LogP contribution < -0.4 is 10.6 Å². The van der Waals surface area contributed by atoms with Crippen LogP contribution in [0.2, 0.25) is 0 Å². The van der Waals surface area contributed by atoms with Gasteiger partial charge in [0.2, 0.25) is 5.95 Å². The Labute approximate surface area is 119 Å². The highest BCUT2D eigenvalue weighted by molar-refractivity contribution is 5.61. The van der Waals surface area contributed by atoms with E-state index in [0.717, 1.165) is 12.1 Å². The van der Waals surface area contributed by atoms with Gasteiger partial charge >= 0.3 is 0 Å². The van der Waals surface area contributed by atoms with E-state index in [-0.39, 0.29) is 0 Å². The van der Waals surface area contributed by atoms with Crippen LogP contribution in [-0.2, 0) is 0 Å². The number of aryl methyl sites for hydroxylation is 2. The Morgan fingerprint density at radius 2 is 2.05 bits per heavy atom. The minimum Gasteiger partial charge on any atom is -0.350 e. The van der Waals surface area contributed by atoms with Gasteiger partial charge in [-0.2, -0.15) is 10.1 Å². The largest absolute Gasteiger partial charge is 0.350 e. The number of aromatic nitrogens is 3. The molecule has 5 heteroatoms. The smallest absolute Gasteiger partial charge is 0.244 e. The van der Waals surface area contributed by atoms with E-state index in [1.54, 1.807) is 6.20 Å². The van der Waals surface area contributed by atoms with Gasteiger partial charge in [-0.15, -0.1) is 5.10 Å². The lowest BCUT2D eigenvalue weighted by molar-refractivity contribution is 0.746. The Bertz CT molecular complexity index is 582. The van der Waals surface area contributed by atoms with Crippen molar-refractivity contribution in [3.05, 3.63) is 35.5 Å². The van der Waals surface area contributed by atoms with E-state index in [0.29, 0.717) is 17.8 Å². The number of nitrogens with one attached hydrogen (secondary N) is 2. The zero-order chi connectivity index (χ0) is 14.5. The van der Waals surface area contributed by atoms with E-state index < -0.39 is 0 Å². The summed E-state index contributed by atoms with van der Waals surface area (Å²) in [6, 6.07) is 6.60. The van der Waals surface area contributed by atoms with Crippen molar-refractivity contribution >= 4 is 17.5 Å². The molecular weight excluding hydrogens is 250 g/mol. The molecular formula is C15H21N5. The van der Waals surface area contributed by atoms with Crippen molar-refractivity contribution in [2.24, 2.45) is 0 Å². The first-order valence-electron chi connectivity index (χ1n) is 6.89. The molecule has 1 atom stereocenters. The molecule has 0 aliphatic rings. The SMILES string of the molecule is CCC(C)Nc1nncc(Nc2cc(C)ccc2C)n1. The maximum atomic E-state index is 4.43. The first-order chi connectivity index (χ1) is 9.58. The lowest BCUT2D eigenvalue weighted by Crippen LogP contribution is -2.16. The first kappa shape index (κ1) is 14.2. The Morgan fingerprint density at radius 3 is 2.80 bits per heavy atom. The predicted molar refractivity (Wildman–Crippen MR) is 82.4 cm³/mol. The van der Waals surface area contributed by atoms with Crippen LogP contribution in [0.5, 0.6) is 0 Å². The Morgan fingerprint density at radius 1 is 1.25 bits per heavy atom. The third-order valence-electron chi connectivity index (χ3n) is 3.20. The summed E-state index contributed by atoms with van der Waals surface area (Å²) >= 11 is 0. The molecule has 2 N–H and O–H groups in total. The average molecular weight is 271 g/mol. The van der Waals surface area contributed by atoms with Crippen LogP contribution in [0.15, 0.2) is 24.4 Å². The fourth-order valence-corrected chi connectivity index (χ4v) is 1.76. The number of rotatable bonds is 5. The number of benzene rings is 1. The summed E-state index contributed by atoms with van der Waals surface area (Å²) in [7, 11) is 0. The Hall–Kier alpha value is -2.17. The summed E-state index contributed by atoms with van der Waals surface area (Å²) in [6.07, 6.45) is 2.64. The highest BCUT2D eigenvalue weighted by Crippen LogP contribution is 2.20. The quantitative estimate of drug-likeness (QED) is 0.872. The van der Waals surface area contributed by atoms with Gasteiger partial charge in [-0.25, -0.2) is 0 Å². The van der Waals surface area contributed by atoms with Crippen LogP contribution in [0.4, 0.5) is 17.5 Å². The van der Waals surface area contributed by atoms with Gasteiger partial charge in [0.1, 0.15) is 0 Å². The first-order valence-corrected chi connectivity index (χ1v) is 6.89. The zero-order valence-corrected chi connectivity index (χ0v) is 12.4. The van der Waals surface area contributed by atoms with Gasteiger partial charge in [0, 0.05) is 11.7 Å². The van der Waals surface area contributed by atoms with E-state index in [9.17, 15) is 0 Å². The Balaban J connectivity index is 2.17.